The van der Waals surface area contributed by atoms with Crippen LogP contribution in [0.25, 0.3) is 11.3 Å². The largest absolute Gasteiger partial charge is 0.261 e. The van der Waals surface area contributed by atoms with Crippen molar-refractivity contribution < 1.29 is 4.39 Å². The van der Waals surface area contributed by atoms with Crippen molar-refractivity contribution in [1.82, 2.24) is 4.68 Å². The van der Waals surface area contributed by atoms with E-state index in [0.29, 0.717) is 0 Å². The van der Waals surface area contributed by atoms with Crippen LogP contribution in [0.4, 0.5) is 4.39 Å². The fraction of sp³-hybridized carbons (Fsp3) is 0.238. The summed E-state index contributed by atoms with van der Waals surface area (Å²) in [6.45, 7) is 6.59. The first kappa shape index (κ1) is 18.3. The van der Waals surface area contributed by atoms with Gasteiger partial charge in [-0.15, -0.1) is 11.3 Å². The van der Waals surface area contributed by atoms with E-state index in [1.807, 2.05) is 11.6 Å². The molecule has 1 heterocycles. The van der Waals surface area contributed by atoms with Crippen LogP contribution in [0, 0.1) is 5.82 Å². The molecule has 0 aliphatic rings. The van der Waals surface area contributed by atoms with Gasteiger partial charge in [-0.1, -0.05) is 45.0 Å². The van der Waals surface area contributed by atoms with Gasteiger partial charge in [0.25, 0.3) is 0 Å². The molecular weight excluding hydrogens is 345 g/mol. The highest BCUT2D eigenvalue weighted by atomic mass is 32.1. The number of rotatable bonds is 3. The van der Waals surface area contributed by atoms with Crippen molar-refractivity contribution in [3.8, 4) is 11.3 Å². The Morgan fingerprint density at radius 3 is 2.23 bits per heavy atom. The van der Waals surface area contributed by atoms with Crippen molar-refractivity contribution in [3.05, 3.63) is 75.7 Å². The smallest absolute Gasteiger partial charge is 0.205 e. The Morgan fingerprint density at radius 2 is 1.65 bits per heavy atom. The van der Waals surface area contributed by atoms with Gasteiger partial charge in [0.2, 0.25) is 4.80 Å². The second-order valence-electron chi connectivity index (χ2n) is 7.06. The van der Waals surface area contributed by atoms with E-state index >= 15 is 0 Å². The van der Waals surface area contributed by atoms with Crippen molar-refractivity contribution in [1.29, 1.82) is 0 Å². The van der Waals surface area contributed by atoms with Gasteiger partial charge in [0.1, 0.15) is 5.82 Å². The highest BCUT2D eigenvalue weighted by molar-refractivity contribution is 7.07. The third-order valence-electron chi connectivity index (χ3n) is 4.12. The lowest BCUT2D eigenvalue weighted by atomic mass is 9.87. The molecule has 0 amide bonds. The number of nitrogens with zero attached hydrogens (tertiary/aromatic N) is 3. The minimum atomic E-state index is -0.252. The van der Waals surface area contributed by atoms with Gasteiger partial charge in [-0.2, -0.15) is 5.10 Å². The average molecular weight is 367 g/mol. The lowest BCUT2D eigenvalue weighted by Crippen LogP contribution is -2.12. The Bertz CT molecular complexity index is 972. The van der Waals surface area contributed by atoms with Crippen molar-refractivity contribution in [2.45, 2.75) is 26.2 Å². The van der Waals surface area contributed by atoms with E-state index < -0.39 is 0 Å². The van der Waals surface area contributed by atoms with E-state index in [1.165, 1.54) is 29.0 Å². The van der Waals surface area contributed by atoms with Crippen molar-refractivity contribution >= 4 is 17.6 Å². The molecule has 26 heavy (non-hydrogen) atoms. The number of benzene rings is 2. The van der Waals surface area contributed by atoms with E-state index in [0.717, 1.165) is 21.6 Å². The molecule has 5 heteroatoms. The van der Waals surface area contributed by atoms with Crippen molar-refractivity contribution in [2.24, 2.45) is 10.1 Å². The Morgan fingerprint density at radius 1 is 1.00 bits per heavy atom. The van der Waals surface area contributed by atoms with Crippen molar-refractivity contribution in [2.75, 3.05) is 7.05 Å². The average Bonchev–Trinajstić information content (AvgIpc) is 3.03. The van der Waals surface area contributed by atoms with Gasteiger partial charge in [-0.05, 0) is 40.8 Å². The van der Waals surface area contributed by atoms with E-state index in [-0.39, 0.29) is 11.2 Å². The number of hydrogen-bond donors (Lipinski definition) is 0. The Labute approximate surface area is 157 Å². The highest BCUT2D eigenvalue weighted by Crippen LogP contribution is 2.22. The van der Waals surface area contributed by atoms with Gasteiger partial charge in [-0.3, -0.25) is 4.99 Å². The summed E-state index contributed by atoms with van der Waals surface area (Å²) in [5, 5.41) is 6.59. The van der Waals surface area contributed by atoms with Crippen LogP contribution < -0.4 is 4.80 Å². The van der Waals surface area contributed by atoms with E-state index in [4.69, 9.17) is 0 Å². The van der Waals surface area contributed by atoms with Crippen LogP contribution >= 0.6 is 11.3 Å². The maximum atomic E-state index is 13.2. The molecule has 1 aromatic heterocycles. The number of aromatic nitrogens is 1. The van der Waals surface area contributed by atoms with Crippen LogP contribution in [0.3, 0.4) is 0 Å². The van der Waals surface area contributed by atoms with E-state index in [9.17, 15) is 4.39 Å². The zero-order chi connectivity index (χ0) is 18.7. The molecule has 0 radical (unpaired) electrons. The number of hydrogen-bond acceptors (Lipinski definition) is 3. The standard InChI is InChI=1S/C21H22FN3S/c1-21(2,3)17-9-5-15(6-10-17)13-24-25-19(14-26-20(25)23-4)16-7-11-18(22)12-8-16/h5-14H,1-4H3. The van der Waals surface area contributed by atoms with Gasteiger partial charge < -0.3 is 0 Å². The fourth-order valence-corrected chi connectivity index (χ4v) is 3.38. The predicted molar refractivity (Wildman–Crippen MR) is 107 cm³/mol. The molecule has 0 atom stereocenters. The number of thiazole rings is 1. The second kappa shape index (κ2) is 7.38. The molecule has 2 aromatic carbocycles. The summed E-state index contributed by atoms with van der Waals surface area (Å²) >= 11 is 1.50. The van der Waals surface area contributed by atoms with Gasteiger partial charge in [0.05, 0.1) is 11.9 Å². The summed E-state index contributed by atoms with van der Waals surface area (Å²) in [6.07, 6.45) is 1.82. The van der Waals surface area contributed by atoms with Gasteiger partial charge in [-0.25, -0.2) is 9.07 Å². The second-order valence-corrected chi connectivity index (χ2v) is 7.90. The fourth-order valence-electron chi connectivity index (χ4n) is 2.57. The van der Waals surface area contributed by atoms with Gasteiger partial charge >= 0.3 is 0 Å². The maximum absolute atomic E-state index is 13.2. The Hall–Kier alpha value is -2.53. The van der Waals surface area contributed by atoms with Crippen molar-refractivity contribution in [3.63, 3.8) is 0 Å². The molecule has 0 bridgehead atoms. The zero-order valence-electron chi connectivity index (χ0n) is 15.4. The first-order chi connectivity index (χ1) is 12.4. The van der Waals surface area contributed by atoms with Crippen LogP contribution in [0.1, 0.15) is 31.9 Å². The van der Waals surface area contributed by atoms with Crippen LogP contribution in [-0.4, -0.2) is 17.9 Å². The summed E-state index contributed by atoms with van der Waals surface area (Å²) in [4.78, 5) is 5.07. The van der Waals surface area contributed by atoms with Crippen LogP contribution in [0.2, 0.25) is 0 Å². The van der Waals surface area contributed by atoms with Gasteiger partial charge in [0, 0.05) is 18.0 Å². The molecule has 0 unspecified atom stereocenters. The normalized spacial score (nSPS) is 12.9. The molecule has 0 spiro atoms. The van der Waals surface area contributed by atoms with E-state index in [1.54, 1.807) is 23.9 Å². The SMILES string of the molecule is CN=c1scc(-c2ccc(F)cc2)n1N=Cc1ccc(C(C)(C)C)cc1. The summed E-state index contributed by atoms with van der Waals surface area (Å²) < 4.78 is 15.0. The number of halogens is 1. The van der Waals surface area contributed by atoms with Crippen LogP contribution in [0.5, 0.6) is 0 Å². The molecule has 0 aliphatic carbocycles. The van der Waals surface area contributed by atoms with Crippen LogP contribution in [-0.2, 0) is 5.41 Å². The summed E-state index contributed by atoms with van der Waals surface area (Å²) in [6, 6.07) is 14.8. The molecule has 0 saturated carbocycles. The minimum absolute atomic E-state index is 0.127. The van der Waals surface area contributed by atoms with E-state index in [2.05, 4.69) is 55.1 Å². The molecule has 3 rings (SSSR count). The Balaban J connectivity index is 1.95. The topological polar surface area (TPSA) is 29.6 Å². The Kier molecular flexibility index (Phi) is 5.18. The quantitative estimate of drug-likeness (QED) is 0.579. The monoisotopic (exact) mass is 367 g/mol. The molecular formula is C21H22FN3S. The third-order valence-corrected chi connectivity index (χ3v) is 5.02. The lowest BCUT2D eigenvalue weighted by molar-refractivity contribution is 0.590. The predicted octanol–water partition coefficient (Wildman–Crippen LogP) is 5.07. The molecule has 0 aliphatic heterocycles. The molecule has 3 nitrogen and oxygen atoms in total. The van der Waals surface area contributed by atoms with Gasteiger partial charge in [0.15, 0.2) is 0 Å². The summed E-state index contributed by atoms with van der Waals surface area (Å²) in [5.41, 5.74) is 4.22. The summed E-state index contributed by atoms with van der Waals surface area (Å²) in [5.74, 6) is -0.252. The minimum Gasteiger partial charge on any atom is -0.261 e. The molecule has 134 valence electrons. The molecule has 0 saturated heterocycles. The first-order valence-electron chi connectivity index (χ1n) is 8.43. The highest BCUT2D eigenvalue weighted by Gasteiger charge is 2.12. The lowest BCUT2D eigenvalue weighted by Gasteiger charge is -2.18. The maximum Gasteiger partial charge on any atom is 0.205 e. The molecule has 0 fully saturated rings. The summed E-state index contributed by atoms with van der Waals surface area (Å²) in [7, 11) is 1.74. The van der Waals surface area contributed by atoms with Crippen LogP contribution in [0.15, 0.2) is 64.0 Å². The first-order valence-corrected chi connectivity index (χ1v) is 9.30. The third kappa shape index (κ3) is 3.99. The molecule has 0 N–H and O–H groups in total. The molecule has 3 aromatic rings. The zero-order valence-corrected chi connectivity index (χ0v) is 16.2.